The minimum Gasteiger partial charge on any atom is -0.309 e. The molecule has 290 valence electrons. The summed E-state index contributed by atoms with van der Waals surface area (Å²) >= 11 is 0. The van der Waals surface area contributed by atoms with Gasteiger partial charge < -0.3 is 9.13 Å². The molecule has 12 rings (SSSR count). The fraction of sp³-hybridized carbons (Fsp3) is 0. The topological polar surface area (TPSA) is 9.86 Å². The van der Waals surface area contributed by atoms with Gasteiger partial charge in [0.2, 0.25) is 0 Å². The van der Waals surface area contributed by atoms with E-state index in [0.717, 1.165) is 33.6 Å². The predicted octanol–water partition coefficient (Wildman–Crippen LogP) is 16.2. The first-order valence-corrected chi connectivity index (χ1v) is 21.4. The Bertz CT molecular complexity index is 3280. The summed E-state index contributed by atoms with van der Waals surface area (Å²) in [4.78, 5) is 0. The van der Waals surface area contributed by atoms with E-state index in [1.807, 2.05) is 0 Å². The van der Waals surface area contributed by atoms with Crippen LogP contribution in [0.4, 0.5) is 0 Å². The van der Waals surface area contributed by atoms with Gasteiger partial charge in [-0.2, -0.15) is 0 Å². The van der Waals surface area contributed by atoms with Gasteiger partial charge in [-0.15, -0.1) is 0 Å². The average Bonchev–Trinajstić information content (AvgIpc) is 3.87. The largest absolute Gasteiger partial charge is 0.309 e. The lowest BCUT2D eigenvalue weighted by Gasteiger charge is -2.25. The van der Waals surface area contributed by atoms with Crippen molar-refractivity contribution in [2.45, 2.75) is 0 Å². The van der Waals surface area contributed by atoms with Crippen LogP contribution in [-0.4, -0.2) is 9.13 Å². The van der Waals surface area contributed by atoms with Crippen LogP contribution in [-0.2, 0) is 0 Å². The van der Waals surface area contributed by atoms with E-state index >= 15 is 0 Å². The first kappa shape index (κ1) is 35.7. The van der Waals surface area contributed by atoms with Gasteiger partial charge in [0.1, 0.15) is 0 Å². The van der Waals surface area contributed by atoms with Gasteiger partial charge in [0, 0.05) is 32.7 Å². The van der Waals surface area contributed by atoms with E-state index in [0.29, 0.717) is 0 Å². The minimum atomic E-state index is 1.12. The van der Waals surface area contributed by atoms with Crippen molar-refractivity contribution in [1.82, 2.24) is 9.13 Å². The lowest BCUT2D eigenvalue weighted by Crippen LogP contribution is -2.05. The molecule has 0 saturated carbocycles. The summed E-state index contributed by atoms with van der Waals surface area (Å²) in [7, 11) is 0. The molecule has 0 atom stereocenters. The zero-order valence-corrected chi connectivity index (χ0v) is 34.0. The maximum absolute atomic E-state index is 2.50. The Morgan fingerprint density at radius 1 is 0.194 bits per heavy atom. The van der Waals surface area contributed by atoms with Crippen molar-refractivity contribution in [2.75, 3.05) is 0 Å². The van der Waals surface area contributed by atoms with Crippen LogP contribution in [0.15, 0.2) is 243 Å². The Hall–Kier alpha value is -8.20. The fourth-order valence-electron chi connectivity index (χ4n) is 9.97. The molecule has 0 saturated heterocycles. The molecule has 10 aromatic carbocycles. The summed E-state index contributed by atoms with van der Waals surface area (Å²) in [5.41, 5.74) is 18.7. The van der Waals surface area contributed by atoms with Crippen molar-refractivity contribution in [3.63, 3.8) is 0 Å². The van der Waals surface area contributed by atoms with Gasteiger partial charge in [0.15, 0.2) is 0 Å². The molecule has 62 heavy (non-hydrogen) atoms. The molecule has 2 aromatic heterocycles. The maximum Gasteiger partial charge on any atom is 0.0547 e. The molecule has 0 N–H and O–H groups in total. The van der Waals surface area contributed by atoms with E-state index in [-0.39, 0.29) is 0 Å². The highest BCUT2D eigenvalue weighted by Crippen LogP contribution is 2.50. The number of nitrogens with zero attached hydrogens (tertiary/aromatic N) is 2. The summed E-state index contributed by atoms with van der Waals surface area (Å²) in [5, 5.41) is 4.92. The van der Waals surface area contributed by atoms with Crippen molar-refractivity contribution in [2.24, 2.45) is 0 Å². The highest BCUT2D eigenvalue weighted by molar-refractivity contribution is 6.13. The molecule has 0 aliphatic carbocycles. The number of aromatic nitrogens is 2. The molecule has 0 fully saturated rings. The standard InChI is InChI=1S/C60H40N2/c1-3-21-41(22-4-1)43-25-7-9-27-45(43)51-33-19-39-57(61-53-35-15-11-29-47(53)48-30-12-16-36-54(48)61)59(51)60-52(46-28-10-8-26-44(46)42-23-5-2-6-24-42)34-20-40-58(60)62-55-37-17-13-31-49(55)50-32-14-18-38-56(50)62/h1-40H. The molecular formula is C60H40N2. The summed E-state index contributed by atoms with van der Waals surface area (Å²) in [6, 6.07) is 88.7. The van der Waals surface area contributed by atoms with E-state index in [2.05, 4.69) is 252 Å². The van der Waals surface area contributed by atoms with E-state index in [9.17, 15) is 0 Å². The second-order valence-electron chi connectivity index (χ2n) is 16.0. The van der Waals surface area contributed by atoms with Crippen LogP contribution < -0.4 is 0 Å². The third-order valence-corrected chi connectivity index (χ3v) is 12.6. The molecule has 2 heterocycles. The zero-order valence-electron chi connectivity index (χ0n) is 34.0. The lowest BCUT2D eigenvalue weighted by atomic mass is 9.83. The molecule has 0 amide bonds. The number of benzene rings is 10. The summed E-state index contributed by atoms with van der Waals surface area (Å²) in [5.74, 6) is 0. The van der Waals surface area contributed by atoms with Gasteiger partial charge in [0.25, 0.3) is 0 Å². The number of fused-ring (bicyclic) bond motifs is 6. The van der Waals surface area contributed by atoms with Gasteiger partial charge >= 0.3 is 0 Å². The van der Waals surface area contributed by atoms with Crippen LogP contribution in [0.2, 0.25) is 0 Å². The van der Waals surface area contributed by atoms with E-state index in [4.69, 9.17) is 0 Å². The molecular weight excluding hydrogens is 749 g/mol. The minimum absolute atomic E-state index is 1.12. The molecule has 0 spiro atoms. The van der Waals surface area contributed by atoms with Crippen molar-refractivity contribution < 1.29 is 0 Å². The third kappa shape index (κ3) is 5.65. The summed E-state index contributed by atoms with van der Waals surface area (Å²) < 4.78 is 5.01. The number of hydrogen-bond acceptors (Lipinski definition) is 0. The van der Waals surface area contributed by atoms with E-state index in [1.165, 1.54) is 77.0 Å². The van der Waals surface area contributed by atoms with Crippen LogP contribution >= 0.6 is 0 Å². The zero-order chi connectivity index (χ0) is 41.0. The SMILES string of the molecule is c1ccc(-c2ccccc2-c2cccc(-n3c4ccccc4c4ccccc43)c2-c2c(-c3ccccc3-c3ccccc3)cccc2-n2c3ccccc3c3ccccc32)cc1. The Morgan fingerprint density at radius 3 is 0.823 bits per heavy atom. The fourth-order valence-corrected chi connectivity index (χ4v) is 9.97. The van der Waals surface area contributed by atoms with Crippen molar-refractivity contribution in [3.05, 3.63) is 243 Å². The van der Waals surface area contributed by atoms with Gasteiger partial charge in [-0.1, -0.05) is 206 Å². The highest BCUT2D eigenvalue weighted by Gasteiger charge is 2.27. The molecule has 0 unspecified atom stereocenters. The quantitative estimate of drug-likeness (QED) is 0.152. The Labute approximate surface area is 360 Å². The monoisotopic (exact) mass is 788 g/mol. The van der Waals surface area contributed by atoms with Gasteiger partial charge in [-0.3, -0.25) is 0 Å². The van der Waals surface area contributed by atoms with Gasteiger partial charge in [-0.25, -0.2) is 0 Å². The van der Waals surface area contributed by atoms with E-state index < -0.39 is 0 Å². The Balaban J connectivity index is 1.31. The van der Waals surface area contributed by atoms with Crippen LogP contribution in [0.1, 0.15) is 0 Å². The average molecular weight is 789 g/mol. The van der Waals surface area contributed by atoms with Crippen molar-refractivity contribution >= 4 is 43.6 Å². The molecule has 2 nitrogen and oxygen atoms in total. The van der Waals surface area contributed by atoms with Crippen LogP contribution in [0.3, 0.4) is 0 Å². The van der Waals surface area contributed by atoms with E-state index in [1.54, 1.807) is 0 Å². The third-order valence-electron chi connectivity index (χ3n) is 12.6. The molecule has 2 heteroatoms. The highest BCUT2D eigenvalue weighted by atomic mass is 15.0. The normalized spacial score (nSPS) is 11.5. The molecule has 0 aliphatic rings. The lowest BCUT2D eigenvalue weighted by molar-refractivity contribution is 1.16. The summed E-state index contributed by atoms with van der Waals surface area (Å²) in [6.07, 6.45) is 0. The Morgan fingerprint density at radius 2 is 0.468 bits per heavy atom. The second-order valence-corrected chi connectivity index (χ2v) is 16.0. The first-order chi connectivity index (χ1) is 30.8. The number of rotatable bonds is 7. The first-order valence-electron chi connectivity index (χ1n) is 21.4. The molecule has 0 radical (unpaired) electrons. The van der Waals surface area contributed by atoms with Crippen LogP contribution in [0.25, 0.3) is 111 Å². The van der Waals surface area contributed by atoms with Gasteiger partial charge in [-0.05, 0) is 80.9 Å². The van der Waals surface area contributed by atoms with Gasteiger partial charge in [0.05, 0.1) is 33.4 Å². The van der Waals surface area contributed by atoms with Crippen LogP contribution in [0.5, 0.6) is 0 Å². The predicted molar refractivity (Wildman–Crippen MR) is 262 cm³/mol. The second kappa shape index (κ2) is 14.8. The van der Waals surface area contributed by atoms with Crippen molar-refractivity contribution in [1.29, 1.82) is 0 Å². The molecule has 12 aromatic rings. The van der Waals surface area contributed by atoms with Crippen LogP contribution in [0, 0.1) is 0 Å². The number of hydrogen-bond donors (Lipinski definition) is 0. The maximum atomic E-state index is 2.50. The number of para-hydroxylation sites is 4. The smallest absolute Gasteiger partial charge is 0.0547 e. The molecule has 0 bridgehead atoms. The van der Waals surface area contributed by atoms with Crippen molar-refractivity contribution in [3.8, 4) is 67.0 Å². The molecule has 0 aliphatic heterocycles. The Kier molecular flexibility index (Phi) is 8.53. The summed E-state index contributed by atoms with van der Waals surface area (Å²) in [6.45, 7) is 0.